The highest BCUT2D eigenvalue weighted by Crippen LogP contribution is 2.36. The minimum Gasteiger partial charge on any atom is -0.395 e. The van der Waals surface area contributed by atoms with Crippen molar-refractivity contribution >= 4 is 0 Å². The van der Waals surface area contributed by atoms with Crippen LogP contribution in [0.1, 0.15) is 24.6 Å². The summed E-state index contributed by atoms with van der Waals surface area (Å²) in [5.74, 6) is -0.234. The van der Waals surface area contributed by atoms with Crippen molar-refractivity contribution in [2.45, 2.75) is 18.9 Å². The molecule has 1 aliphatic heterocycles. The Kier molecular flexibility index (Phi) is 3.80. The van der Waals surface area contributed by atoms with Crippen LogP contribution in [0.25, 0.3) is 11.1 Å². The topological polar surface area (TPSA) is 52.1 Å². The molecule has 5 heteroatoms. The maximum absolute atomic E-state index is 14.0. The molecule has 1 aromatic carbocycles. The van der Waals surface area contributed by atoms with Gasteiger partial charge in [0.05, 0.1) is 24.5 Å². The van der Waals surface area contributed by atoms with Gasteiger partial charge in [-0.05, 0) is 25.5 Å². The number of halogens is 1. The van der Waals surface area contributed by atoms with E-state index in [1.807, 2.05) is 6.07 Å². The zero-order valence-electron chi connectivity index (χ0n) is 11.2. The third-order valence-corrected chi connectivity index (χ3v) is 3.92. The lowest BCUT2D eigenvalue weighted by Gasteiger charge is -2.23. The lowest BCUT2D eigenvalue weighted by molar-refractivity contribution is 0.184. The van der Waals surface area contributed by atoms with E-state index in [2.05, 4.69) is 15.1 Å². The Morgan fingerprint density at radius 1 is 1.35 bits per heavy atom. The molecule has 1 saturated heterocycles. The smallest absolute Gasteiger partial charge is 0.131 e. The second-order valence-electron chi connectivity index (χ2n) is 5.09. The van der Waals surface area contributed by atoms with Crippen molar-refractivity contribution in [2.24, 2.45) is 0 Å². The van der Waals surface area contributed by atoms with Gasteiger partial charge in [-0.15, -0.1) is 0 Å². The number of aliphatic hydroxyl groups is 1. The predicted octanol–water partition coefficient (Wildman–Crippen LogP) is 2.34. The molecular formula is C15H18FN3O. The van der Waals surface area contributed by atoms with E-state index in [4.69, 9.17) is 5.11 Å². The van der Waals surface area contributed by atoms with Gasteiger partial charge < -0.3 is 5.11 Å². The van der Waals surface area contributed by atoms with Crippen molar-refractivity contribution in [2.75, 3.05) is 19.7 Å². The molecule has 1 aliphatic rings. The molecule has 20 heavy (non-hydrogen) atoms. The summed E-state index contributed by atoms with van der Waals surface area (Å²) >= 11 is 0. The van der Waals surface area contributed by atoms with Gasteiger partial charge in [0, 0.05) is 17.7 Å². The van der Waals surface area contributed by atoms with Crippen LogP contribution < -0.4 is 0 Å². The summed E-state index contributed by atoms with van der Waals surface area (Å²) < 4.78 is 14.0. The molecule has 2 heterocycles. The van der Waals surface area contributed by atoms with Crippen LogP contribution in [-0.4, -0.2) is 39.9 Å². The first-order chi connectivity index (χ1) is 9.81. The number of aliphatic hydroxyl groups excluding tert-OH is 1. The normalized spacial score (nSPS) is 19.6. The van der Waals surface area contributed by atoms with E-state index in [9.17, 15) is 4.39 Å². The molecule has 1 aromatic heterocycles. The monoisotopic (exact) mass is 275 g/mol. The highest BCUT2D eigenvalue weighted by atomic mass is 19.1. The summed E-state index contributed by atoms with van der Waals surface area (Å²) in [4.78, 5) is 2.22. The number of aromatic amines is 1. The Hall–Kier alpha value is -1.72. The van der Waals surface area contributed by atoms with Crippen LogP contribution in [0.3, 0.4) is 0 Å². The Balaban J connectivity index is 1.96. The Labute approximate surface area is 117 Å². The van der Waals surface area contributed by atoms with Crippen LogP contribution >= 0.6 is 0 Å². The van der Waals surface area contributed by atoms with Crippen molar-refractivity contribution in [3.8, 4) is 11.1 Å². The van der Waals surface area contributed by atoms with Crippen molar-refractivity contribution in [3.05, 3.63) is 42.0 Å². The number of β-amino-alcohol motifs (C(OH)–C–C–N with tert-alkyl or cyclic N) is 1. The SMILES string of the molecule is OCCN1CCCC1c1[nH]ncc1-c1ccccc1F. The maximum atomic E-state index is 14.0. The van der Waals surface area contributed by atoms with E-state index in [0.717, 1.165) is 30.6 Å². The van der Waals surface area contributed by atoms with Gasteiger partial charge in [-0.1, -0.05) is 18.2 Å². The summed E-state index contributed by atoms with van der Waals surface area (Å²) in [6, 6.07) is 6.93. The molecule has 4 nitrogen and oxygen atoms in total. The van der Waals surface area contributed by atoms with Crippen LogP contribution in [0.2, 0.25) is 0 Å². The molecule has 2 aromatic rings. The number of aromatic nitrogens is 2. The van der Waals surface area contributed by atoms with Gasteiger partial charge in [-0.2, -0.15) is 5.10 Å². The molecule has 1 fully saturated rings. The van der Waals surface area contributed by atoms with Crippen LogP contribution in [0, 0.1) is 5.82 Å². The fourth-order valence-corrected chi connectivity index (χ4v) is 2.99. The minimum atomic E-state index is -0.234. The summed E-state index contributed by atoms with van der Waals surface area (Å²) in [6.45, 7) is 1.74. The fourth-order valence-electron chi connectivity index (χ4n) is 2.99. The first-order valence-electron chi connectivity index (χ1n) is 6.94. The number of benzene rings is 1. The average Bonchev–Trinajstić information content (AvgIpc) is 3.08. The highest BCUT2D eigenvalue weighted by Gasteiger charge is 2.29. The summed E-state index contributed by atoms with van der Waals surface area (Å²) in [5.41, 5.74) is 2.34. The molecule has 0 saturated carbocycles. The van der Waals surface area contributed by atoms with Crippen molar-refractivity contribution in [1.29, 1.82) is 0 Å². The summed E-state index contributed by atoms with van der Waals surface area (Å²) in [7, 11) is 0. The molecular weight excluding hydrogens is 257 g/mol. The lowest BCUT2D eigenvalue weighted by atomic mass is 10.0. The van der Waals surface area contributed by atoms with Crippen molar-refractivity contribution in [3.63, 3.8) is 0 Å². The van der Waals surface area contributed by atoms with E-state index < -0.39 is 0 Å². The molecule has 2 N–H and O–H groups in total. The Morgan fingerprint density at radius 2 is 2.20 bits per heavy atom. The Bertz CT molecular complexity index is 584. The molecule has 1 atom stereocenters. The number of hydrogen-bond donors (Lipinski definition) is 2. The summed E-state index contributed by atoms with van der Waals surface area (Å²) in [6.07, 6.45) is 3.77. The number of likely N-dealkylation sites (tertiary alicyclic amines) is 1. The van der Waals surface area contributed by atoms with E-state index in [0.29, 0.717) is 12.1 Å². The zero-order valence-corrected chi connectivity index (χ0v) is 11.2. The second-order valence-corrected chi connectivity index (χ2v) is 5.09. The number of nitrogens with zero attached hydrogens (tertiary/aromatic N) is 2. The molecule has 0 radical (unpaired) electrons. The number of H-pyrrole nitrogens is 1. The average molecular weight is 275 g/mol. The highest BCUT2D eigenvalue weighted by molar-refractivity contribution is 5.66. The first-order valence-corrected chi connectivity index (χ1v) is 6.94. The second kappa shape index (κ2) is 5.73. The standard InChI is InChI=1S/C15H18FN3O/c16-13-5-2-1-4-11(13)12-10-17-18-15(12)14-6-3-7-19(14)8-9-20/h1-2,4-5,10,14,20H,3,6-9H2,(H,17,18). The van der Waals surface area contributed by atoms with Crippen LogP contribution in [0.5, 0.6) is 0 Å². The van der Waals surface area contributed by atoms with Crippen LogP contribution in [-0.2, 0) is 0 Å². The van der Waals surface area contributed by atoms with E-state index >= 15 is 0 Å². The minimum absolute atomic E-state index is 0.139. The largest absolute Gasteiger partial charge is 0.395 e. The van der Waals surface area contributed by atoms with Crippen molar-refractivity contribution in [1.82, 2.24) is 15.1 Å². The van der Waals surface area contributed by atoms with E-state index in [1.165, 1.54) is 6.07 Å². The number of nitrogens with one attached hydrogen (secondary N) is 1. The third-order valence-electron chi connectivity index (χ3n) is 3.92. The summed E-state index contributed by atoms with van der Waals surface area (Å²) in [5, 5.41) is 16.3. The molecule has 0 spiro atoms. The van der Waals surface area contributed by atoms with Gasteiger partial charge in [-0.3, -0.25) is 10.00 Å². The van der Waals surface area contributed by atoms with Gasteiger partial charge in [0.25, 0.3) is 0 Å². The van der Waals surface area contributed by atoms with Gasteiger partial charge in [0.15, 0.2) is 0 Å². The molecule has 106 valence electrons. The molecule has 0 bridgehead atoms. The quantitative estimate of drug-likeness (QED) is 0.900. The van der Waals surface area contributed by atoms with Crippen molar-refractivity contribution < 1.29 is 9.50 Å². The zero-order chi connectivity index (χ0) is 13.9. The number of rotatable bonds is 4. The third kappa shape index (κ3) is 2.34. The number of hydrogen-bond acceptors (Lipinski definition) is 3. The van der Waals surface area contributed by atoms with E-state index in [-0.39, 0.29) is 18.5 Å². The van der Waals surface area contributed by atoms with Gasteiger partial charge in [-0.25, -0.2) is 4.39 Å². The van der Waals surface area contributed by atoms with Gasteiger partial charge in [0.2, 0.25) is 0 Å². The lowest BCUT2D eigenvalue weighted by Crippen LogP contribution is -2.27. The molecule has 0 amide bonds. The van der Waals surface area contributed by atoms with Gasteiger partial charge in [0.1, 0.15) is 5.82 Å². The fraction of sp³-hybridized carbons (Fsp3) is 0.400. The Morgan fingerprint density at radius 3 is 3.00 bits per heavy atom. The van der Waals surface area contributed by atoms with Crippen LogP contribution in [0.4, 0.5) is 4.39 Å². The molecule has 3 rings (SSSR count). The predicted molar refractivity (Wildman–Crippen MR) is 74.6 cm³/mol. The molecule has 1 unspecified atom stereocenters. The maximum Gasteiger partial charge on any atom is 0.131 e. The first kappa shape index (κ1) is 13.3. The van der Waals surface area contributed by atoms with E-state index in [1.54, 1.807) is 18.3 Å². The molecule has 0 aliphatic carbocycles. The van der Waals surface area contributed by atoms with Gasteiger partial charge >= 0.3 is 0 Å². The van der Waals surface area contributed by atoms with Crippen LogP contribution in [0.15, 0.2) is 30.5 Å².